The summed E-state index contributed by atoms with van der Waals surface area (Å²) in [6.45, 7) is 9.74. The third-order valence-electron chi connectivity index (χ3n) is 3.18. The fraction of sp³-hybridized carbons (Fsp3) is 0.562. The van der Waals surface area contributed by atoms with Crippen molar-refractivity contribution in [2.75, 3.05) is 11.9 Å². The van der Waals surface area contributed by atoms with Crippen LogP contribution in [0, 0.1) is 0 Å². The molecule has 1 heterocycles. The van der Waals surface area contributed by atoms with Gasteiger partial charge in [0.05, 0.1) is 12.7 Å². The molecule has 0 saturated heterocycles. The zero-order valence-electron chi connectivity index (χ0n) is 14.5. The topological polar surface area (TPSA) is 74.1 Å². The van der Waals surface area contributed by atoms with Gasteiger partial charge in [0, 0.05) is 24.2 Å². The van der Waals surface area contributed by atoms with Crippen molar-refractivity contribution in [2.24, 2.45) is 0 Å². The lowest BCUT2D eigenvalue weighted by molar-refractivity contribution is 0.224. The highest BCUT2D eigenvalue weighted by Crippen LogP contribution is 2.34. The number of benzene rings is 1. The number of tetrazole rings is 1. The number of nitrogens with one attached hydrogen (secondary N) is 1. The average Bonchev–Trinajstić information content (AvgIpc) is 2.96. The second-order valence-corrected chi connectivity index (χ2v) is 5.98. The summed E-state index contributed by atoms with van der Waals surface area (Å²) in [4.78, 5) is 0. The number of ether oxygens (including phenoxy) is 2. The molecule has 0 aliphatic heterocycles. The standard InChI is InChI=1S/C16H24ClN5O2/c1-5-7-22-16(19-20-21-22)18-10-12-8-14(23-6-2)15(9-13(12)17)24-11(3)4/h8-9,11H,5-7,10H2,1-4H3,(H,18,19,21). The van der Waals surface area contributed by atoms with E-state index in [-0.39, 0.29) is 6.10 Å². The Morgan fingerprint density at radius 2 is 2.04 bits per heavy atom. The lowest BCUT2D eigenvalue weighted by atomic mass is 10.2. The van der Waals surface area contributed by atoms with E-state index in [1.54, 1.807) is 10.7 Å². The minimum absolute atomic E-state index is 0.0444. The number of aryl methyl sites for hydroxylation is 1. The maximum Gasteiger partial charge on any atom is 0.243 e. The Morgan fingerprint density at radius 3 is 2.71 bits per heavy atom. The summed E-state index contributed by atoms with van der Waals surface area (Å²) in [6, 6.07) is 3.68. The lowest BCUT2D eigenvalue weighted by Gasteiger charge is -2.17. The van der Waals surface area contributed by atoms with E-state index >= 15 is 0 Å². The zero-order chi connectivity index (χ0) is 17.5. The predicted molar refractivity (Wildman–Crippen MR) is 93.8 cm³/mol. The molecule has 1 aromatic heterocycles. The first-order valence-corrected chi connectivity index (χ1v) is 8.54. The van der Waals surface area contributed by atoms with E-state index in [9.17, 15) is 0 Å². The summed E-state index contributed by atoms with van der Waals surface area (Å²) < 4.78 is 13.2. The van der Waals surface area contributed by atoms with Crippen LogP contribution in [0.3, 0.4) is 0 Å². The molecule has 8 heteroatoms. The second-order valence-electron chi connectivity index (χ2n) is 5.57. The average molecular weight is 354 g/mol. The first-order chi connectivity index (χ1) is 11.5. The van der Waals surface area contributed by atoms with Gasteiger partial charge in [-0.15, -0.1) is 0 Å². The van der Waals surface area contributed by atoms with Crippen molar-refractivity contribution >= 4 is 17.5 Å². The number of rotatable bonds is 9. The van der Waals surface area contributed by atoms with Gasteiger partial charge in [0.1, 0.15) is 0 Å². The maximum absolute atomic E-state index is 6.39. The minimum Gasteiger partial charge on any atom is -0.490 e. The number of aromatic nitrogens is 4. The molecule has 1 aromatic carbocycles. The molecular formula is C16H24ClN5O2. The molecule has 0 unspecified atom stereocenters. The molecule has 0 aliphatic rings. The maximum atomic E-state index is 6.39. The Bertz CT molecular complexity index is 660. The Morgan fingerprint density at radius 1 is 1.25 bits per heavy atom. The lowest BCUT2D eigenvalue weighted by Crippen LogP contribution is -2.10. The van der Waals surface area contributed by atoms with Crippen molar-refractivity contribution in [2.45, 2.75) is 53.3 Å². The Labute approximate surface area is 147 Å². The molecule has 2 rings (SSSR count). The van der Waals surface area contributed by atoms with E-state index in [0.29, 0.717) is 35.6 Å². The third-order valence-corrected chi connectivity index (χ3v) is 3.53. The van der Waals surface area contributed by atoms with Crippen molar-refractivity contribution in [3.05, 3.63) is 22.7 Å². The first-order valence-electron chi connectivity index (χ1n) is 8.17. The molecule has 0 saturated carbocycles. The van der Waals surface area contributed by atoms with Crippen LogP contribution >= 0.6 is 11.6 Å². The molecule has 0 radical (unpaired) electrons. The molecule has 132 valence electrons. The number of hydrogen-bond acceptors (Lipinski definition) is 6. The SMILES string of the molecule is CCCn1nnnc1NCc1cc(OCC)c(OC(C)C)cc1Cl. The number of nitrogens with zero attached hydrogens (tertiary/aromatic N) is 4. The van der Waals surface area contributed by atoms with Crippen LogP contribution in [-0.2, 0) is 13.1 Å². The predicted octanol–water partition coefficient (Wildman–Crippen LogP) is 3.53. The molecule has 24 heavy (non-hydrogen) atoms. The molecule has 1 N–H and O–H groups in total. The van der Waals surface area contributed by atoms with Crippen LogP contribution in [-0.4, -0.2) is 32.9 Å². The Hall–Kier alpha value is -2.02. The van der Waals surface area contributed by atoms with Gasteiger partial charge in [-0.05, 0) is 49.2 Å². The van der Waals surface area contributed by atoms with Crippen LogP contribution in [0.2, 0.25) is 5.02 Å². The summed E-state index contributed by atoms with van der Waals surface area (Å²) in [5, 5.41) is 15.4. The van der Waals surface area contributed by atoms with Crippen molar-refractivity contribution in [1.82, 2.24) is 20.2 Å². The van der Waals surface area contributed by atoms with E-state index in [4.69, 9.17) is 21.1 Å². The second kappa shape index (κ2) is 8.73. The normalized spacial score (nSPS) is 10.9. The van der Waals surface area contributed by atoms with Gasteiger partial charge >= 0.3 is 0 Å². The number of anilines is 1. The minimum atomic E-state index is 0.0444. The van der Waals surface area contributed by atoms with Gasteiger partial charge < -0.3 is 14.8 Å². The van der Waals surface area contributed by atoms with Gasteiger partial charge in [0.2, 0.25) is 5.95 Å². The van der Waals surface area contributed by atoms with Gasteiger partial charge in [-0.2, -0.15) is 0 Å². The Kier molecular flexibility index (Phi) is 6.66. The summed E-state index contributed by atoms with van der Waals surface area (Å²) in [6.07, 6.45) is 0.999. The molecule has 2 aromatic rings. The summed E-state index contributed by atoms with van der Waals surface area (Å²) in [7, 11) is 0. The molecule has 0 bridgehead atoms. The quantitative estimate of drug-likeness (QED) is 0.743. The first kappa shape index (κ1) is 18.3. The molecule has 0 aliphatic carbocycles. The van der Waals surface area contributed by atoms with Crippen LogP contribution in [0.5, 0.6) is 11.5 Å². The van der Waals surface area contributed by atoms with Crippen molar-refractivity contribution in [3.8, 4) is 11.5 Å². The smallest absolute Gasteiger partial charge is 0.243 e. The van der Waals surface area contributed by atoms with Crippen LogP contribution in [0.1, 0.15) is 39.7 Å². The van der Waals surface area contributed by atoms with Crippen LogP contribution < -0.4 is 14.8 Å². The molecule has 0 amide bonds. The monoisotopic (exact) mass is 353 g/mol. The largest absolute Gasteiger partial charge is 0.490 e. The van der Waals surface area contributed by atoms with Crippen molar-refractivity contribution < 1.29 is 9.47 Å². The molecule has 0 atom stereocenters. The summed E-state index contributed by atoms with van der Waals surface area (Å²) in [5.74, 6) is 1.95. The van der Waals surface area contributed by atoms with E-state index in [1.165, 1.54) is 0 Å². The highest BCUT2D eigenvalue weighted by molar-refractivity contribution is 6.31. The molecular weight excluding hydrogens is 330 g/mol. The molecule has 0 spiro atoms. The van der Waals surface area contributed by atoms with E-state index < -0.39 is 0 Å². The van der Waals surface area contributed by atoms with Gasteiger partial charge in [-0.1, -0.05) is 23.6 Å². The van der Waals surface area contributed by atoms with Crippen LogP contribution in [0.4, 0.5) is 5.95 Å². The van der Waals surface area contributed by atoms with Crippen LogP contribution in [0.25, 0.3) is 0 Å². The van der Waals surface area contributed by atoms with E-state index in [2.05, 4.69) is 27.8 Å². The summed E-state index contributed by atoms with van der Waals surface area (Å²) >= 11 is 6.39. The number of halogens is 1. The molecule has 0 fully saturated rings. The van der Waals surface area contributed by atoms with Crippen molar-refractivity contribution in [1.29, 1.82) is 0 Å². The number of hydrogen-bond donors (Lipinski definition) is 1. The Balaban J connectivity index is 2.17. The van der Waals surface area contributed by atoms with E-state index in [0.717, 1.165) is 18.5 Å². The fourth-order valence-corrected chi connectivity index (χ4v) is 2.42. The fourth-order valence-electron chi connectivity index (χ4n) is 2.19. The van der Waals surface area contributed by atoms with Gasteiger partial charge in [-0.25, -0.2) is 4.68 Å². The van der Waals surface area contributed by atoms with Crippen LogP contribution in [0.15, 0.2) is 12.1 Å². The van der Waals surface area contributed by atoms with Gasteiger partial charge in [0.15, 0.2) is 11.5 Å². The van der Waals surface area contributed by atoms with Crippen molar-refractivity contribution in [3.63, 3.8) is 0 Å². The highest BCUT2D eigenvalue weighted by Gasteiger charge is 2.13. The zero-order valence-corrected chi connectivity index (χ0v) is 15.3. The van der Waals surface area contributed by atoms with Gasteiger partial charge in [-0.3, -0.25) is 0 Å². The van der Waals surface area contributed by atoms with Gasteiger partial charge in [0.25, 0.3) is 0 Å². The third kappa shape index (κ3) is 4.74. The van der Waals surface area contributed by atoms with E-state index in [1.807, 2.05) is 26.8 Å². The summed E-state index contributed by atoms with van der Waals surface area (Å²) in [5.41, 5.74) is 0.891. The highest BCUT2D eigenvalue weighted by atomic mass is 35.5. The molecule has 7 nitrogen and oxygen atoms in total.